The summed E-state index contributed by atoms with van der Waals surface area (Å²) >= 11 is 2.18. The molecule has 0 aliphatic rings. The second-order valence-electron chi connectivity index (χ2n) is 2.39. The Hall–Kier alpha value is -0.620. The standard InChI is InChI=1S/C8H9IN2O/c1-5-6(8(12)11-10)3-2-4-7(5)9/h2-4H,10H2,1H3,(H,11,12). The summed E-state index contributed by atoms with van der Waals surface area (Å²) in [6.45, 7) is 1.90. The molecule has 0 bridgehead atoms. The number of amides is 1. The molecule has 1 aromatic rings. The van der Waals surface area contributed by atoms with Gasteiger partial charge in [0.05, 0.1) is 0 Å². The second-order valence-corrected chi connectivity index (χ2v) is 3.55. The zero-order valence-electron chi connectivity index (χ0n) is 6.60. The maximum Gasteiger partial charge on any atom is 0.265 e. The summed E-state index contributed by atoms with van der Waals surface area (Å²) in [5.41, 5.74) is 3.70. The molecule has 0 aromatic heterocycles. The van der Waals surface area contributed by atoms with Gasteiger partial charge in [-0.25, -0.2) is 5.84 Å². The van der Waals surface area contributed by atoms with Crippen LogP contribution in [0.2, 0.25) is 0 Å². The molecular weight excluding hydrogens is 267 g/mol. The van der Waals surface area contributed by atoms with E-state index < -0.39 is 0 Å². The number of nitrogens with two attached hydrogens (primary N) is 1. The summed E-state index contributed by atoms with van der Waals surface area (Å²) in [6.07, 6.45) is 0. The Labute approximate surface area is 84.4 Å². The maximum atomic E-state index is 11.1. The number of benzene rings is 1. The maximum absolute atomic E-state index is 11.1. The fourth-order valence-electron chi connectivity index (χ4n) is 0.931. The highest BCUT2D eigenvalue weighted by Crippen LogP contribution is 2.15. The molecule has 64 valence electrons. The predicted molar refractivity (Wildman–Crippen MR) is 55.5 cm³/mol. The first-order valence-corrected chi connectivity index (χ1v) is 4.50. The lowest BCUT2D eigenvalue weighted by atomic mass is 10.1. The molecule has 0 spiro atoms. The summed E-state index contributed by atoms with van der Waals surface area (Å²) in [5.74, 6) is 4.78. The van der Waals surface area contributed by atoms with Gasteiger partial charge in [0.1, 0.15) is 0 Å². The van der Waals surface area contributed by atoms with Crippen LogP contribution in [0.5, 0.6) is 0 Å². The number of hydrogen-bond donors (Lipinski definition) is 2. The van der Waals surface area contributed by atoms with Crippen molar-refractivity contribution in [2.75, 3.05) is 0 Å². The van der Waals surface area contributed by atoms with Crippen molar-refractivity contribution >= 4 is 28.5 Å². The molecule has 1 aromatic carbocycles. The van der Waals surface area contributed by atoms with Crippen molar-refractivity contribution in [2.24, 2.45) is 5.84 Å². The molecule has 0 unspecified atom stereocenters. The van der Waals surface area contributed by atoms with Gasteiger partial charge in [-0.15, -0.1) is 0 Å². The highest BCUT2D eigenvalue weighted by molar-refractivity contribution is 14.1. The lowest BCUT2D eigenvalue weighted by Gasteiger charge is -2.04. The van der Waals surface area contributed by atoms with Crippen LogP contribution in [0.15, 0.2) is 18.2 Å². The highest BCUT2D eigenvalue weighted by atomic mass is 127. The molecule has 0 fully saturated rings. The van der Waals surface area contributed by atoms with E-state index in [1.54, 1.807) is 6.07 Å². The molecular formula is C8H9IN2O. The molecule has 0 aliphatic heterocycles. The average Bonchev–Trinajstić information content (AvgIpc) is 2.08. The molecule has 0 heterocycles. The van der Waals surface area contributed by atoms with E-state index >= 15 is 0 Å². The van der Waals surface area contributed by atoms with Crippen LogP contribution in [0.1, 0.15) is 15.9 Å². The zero-order chi connectivity index (χ0) is 9.14. The van der Waals surface area contributed by atoms with Gasteiger partial charge < -0.3 is 0 Å². The minimum Gasteiger partial charge on any atom is -0.290 e. The molecule has 0 aliphatic carbocycles. The largest absolute Gasteiger partial charge is 0.290 e. The average molecular weight is 276 g/mol. The third-order valence-electron chi connectivity index (χ3n) is 1.64. The van der Waals surface area contributed by atoms with Crippen molar-refractivity contribution in [2.45, 2.75) is 6.92 Å². The third-order valence-corrected chi connectivity index (χ3v) is 2.81. The summed E-state index contributed by atoms with van der Waals surface area (Å²) in [5, 5.41) is 0. The Morgan fingerprint density at radius 1 is 1.58 bits per heavy atom. The van der Waals surface area contributed by atoms with Gasteiger partial charge in [0.2, 0.25) is 0 Å². The monoisotopic (exact) mass is 276 g/mol. The van der Waals surface area contributed by atoms with Crippen LogP contribution in [0.3, 0.4) is 0 Å². The Morgan fingerprint density at radius 3 is 2.83 bits per heavy atom. The first-order valence-electron chi connectivity index (χ1n) is 3.43. The lowest BCUT2D eigenvalue weighted by Crippen LogP contribution is -2.30. The molecule has 1 amide bonds. The van der Waals surface area contributed by atoms with E-state index in [0.29, 0.717) is 5.56 Å². The van der Waals surface area contributed by atoms with Gasteiger partial charge in [-0.1, -0.05) is 6.07 Å². The Balaban J connectivity index is 3.16. The predicted octanol–water partition coefficient (Wildman–Crippen LogP) is 1.20. The minimum atomic E-state index is -0.244. The number of carbonyl (C=O) groups excluding carboxylic acids is 1. The number of nitrogen functional groups attached to an aromatic ring is 1. The van der Waals surface area contributed by atoms with E-state index in [4.69, 9.17) is 5.84 Å². The summed E-state index contributed by atoms with van der Waals surface area (Å²) in [6, 6.07) is 5.53. The van der Waals surface area contributed by atoms with Crippen LogP contribution in [-0.2, 0) is 0 Å². The molecule has 1 rings (SSSR count). The third kappa shape index (κ3) is 1.75. The topological polar surface area (TPSA) is 55.1 Å². The Bertz CT molecular complexity index is 312. The van der Waals surface area contributed by atoms with Crippen LogP contribution < -0.4 is 11.3 Å². The van der Waals surface area contributed by atoms with E-state index in [9.17, 15) is 4.79 Å². The van der Waals surface area contributed by atoms with Crippen LogP contribution in [-0.4, -0.2) is 5.91 Å². The summed E-state index contributed by atoms with van der Waals surface area (Å²) in [7, 11) is 0. The van der Waals surface area contributed by atoms with E-state index in [2.05, 4.69) is 28.0 Å². The zero-order valence-corrected chi connectivity index (χ0v) is 8.75. The lowest BCUT2D eigenvalue weighted by molar-refractivity contribution is 0.0953. The van der Waals surface area contributed by atoms with Crippen LogP contribution >= 0.6 is 22.6 Å². The number of halogens is 1. The number of hydrogen-bond acceptors (Lipinski definition) is 2. The fraction of sp³-hybridized carbons (Fsp3) is 0.125. The smallest absolute Gasteiger partial charge is 0.265 e. The van der Waals surface area contributed by atoms with Gasteiger partial charge in [0.25, 0.3) is 5.91 Å². The quantitative estimate of drug-likeness (QED) is 0.350. The van der Waals surface area contributed by atoms with E-state index in [1.165, 1.54) is 0 Å². The minimum absolute atomic E-state index is 0.244. The van der Waals surface area contributed by atoms with Crippen molar-refractivity contribution in [3.05, 3.63) is 32.9 Å². The van der Waals surface area contributed by atoms with Gasteiger partial charge in [0.15, 0.2) is 0 Å². The molecule has 12 heavy (non-hydrogen) atoms. The van der Waals surface area contributed by atoms with Crippen molar-refractivity contribution < 1.29 is 4.79 Å². The Morgan fingerprint density at radius 2 is 2.25 bits per heavy atom. The number of rotatable bonds is 1. The first kappa shape index (κ1) is 9.47. The van der Waals surface area contributed by atoms with Gasteiger partial charge in [-0.05, 0) is 47.2 Å². The molecule has 3 N–H and O–H groups in total. The Kier molecular flexibility index (Phi) is 3.05. The number of hydrazine groups is 1. The fourth-order valence-corrected chi connectivity index (χ4v) is 1.43. The van der Waals surface area contributed by atoms with E-state index in [1.807, 2.05) is 19.1 Å². The molecule has 0 saturated carbocycles. The SMILES string of the molecule is Cc1c(I)cccc1C(=O)NN. The van der Waals surface area contributed by atoms with Gasteiger partial charge >= 0.3 is 0 Å². The van der Waals surface area contributed by atoms with Gasteiger partial charge in [-0.2, -0.15) is 0 Å². The van der Waals surface area contributed by atoms with Crippen molar-refractivity contribution in [1.29, 1.82) is 0 Å². The molecule has 4 heteroatoms. The molecule has 0 saturated heterocycles. The first-order chi connectivity index (χ1) is 5.66. The van der Waals surface area contributed by atoms with Gasteiger partial charge in [0, 0.05) is 9.13 Å². The van der Waals surface area contributed by atoms with Crippen LogP contribution in [0, 0.1) is 10.5 Å². The van der Waals surface area contributed by atoms with E-state index in [-0.39, 0.29) is 5.91 Å². The summed E-state index contributed by atoms with van der Waals surface area (Å²) in [4.78, 5) is 11.1. The van der Waals surface area contributed by atoms with Crippen molar-refractivity contribution in [3.8, 4) is 0 Å². The van der Waals surface area contributed by atoms with E-state index in [0.717, 1.165) is 9.13 Å². The van der Waals surface area contributed by atoms with Crippen LogP contribution in [0.25, 0.3) is 0 Å². The highest BCUT2D eigenvalue weighted by Gasteiger charge is 2.07. The normalized spacial score (nSPS) is 9.58. The number of carbonyl (C=O) groups is 1. The molecule has 0 atom stereocenters. The molecule has 0 radical (unpaired) electrons. The van der Waals surface area contributed by atoms with Crippen molar-refractivity contribution in [3.63, 3.8) is 0 Å². The number of nitrogens with one attached hydrogen (secondary N) is 1. The van der Waals surface area contributed by atoms with Crippen LogP contribution in [0.4, 0.5) is 0 Å². The molecule has 3 nitrogen and oxygen atoms in total. The van der Waals surface area contributed by atoms with Gasteiger partial charge in [-0.3, -0.25) is 10.2 Å². The van der Waals surface area contributed by atoms with Crippen molar-refractivity contribution in [1.82, 2.24) is 5.43 Å². The summed E-state index contributed by atoms with van der Waals surface area (Å²) < 4.78 is 1.06. The second kappa shape index (κ2) is 3.86.